The monoisotopic (exact) mass is 258 g/mol. The lowest BCUT2D eigenvalue weighted by Gasteiger charge is -2.11. The van der Waals surface area contributed by atoms with Crippen LogP contribution in [-0.4, -0.2) is 13.1 Å². The van der Waals surface area contributed by atoms with Crippen LogP contribution in [0, 0.1) is 5.92 Å². The molecule has 1 fully saturated rings. The van der Waals surface area contributed by atoms with Gasteiger partial charge < -0.3 is 4.74 Å². The van der Waals surface area contributed by atoms with Crippen molar-refractivity contribution in [3.8, 4) is 0 Å². The maximum absolute atomic E-state index is 12.7. The fourth-order valence-corrected chi connectivity index (χ4v) is 1.86. The van der Waals surface area contributed by atoms with E-state index in [9.17, 15) is 18.0 Å². The van der Waals surface area contributed by atoms with Crippen LogP contribution >= 0.6 is 0 Å². The Morgan fingerprint density at radius 2 is 2.00 bits per heavy atom. The summed E-state index contributed by atoms with van der Waals surface area (Å²) in [5.74, 6) is -0.280. The quantitative estimate of drug-likeness (QED) is 0.776. The summed E-state index contributed by atoms with van der Waals surface area (Å²) < 4.78 is 42.6. The Hall–Kier alpha value is -1.52. The lowest BCUT2D eigenvalue weighted by molar-refractivity contribution is -0.137. The summed E-state index contributed by atoms with van der Waals surface area (Å²) in [5, 5.41) is 0. The number of carbonyl (C=O) groups excluding carboxylic acids is 1. The summed E-state index contributed by atoms with van der Waals surface area (Å²) in [4.78, 5) is 11.4. The van der Waals surface area contributed by atoms with Crippen LogP contribution in [0.4, 0.5) is 13.2 Å². The van der Waals surface area contributed by atoms with E-state index in [0.29, 0.717) is 17.9 Å². The molecule has 1 aliphatic rings. The molecule has 1 aromatic carbocycles. The fraction of sp³-hybridized carbons (Fsp3) is 0.462. The van der Waals surface area contributed by atoms with Gasteiger partial charge in [0.05, 0.1) is 18.2 Å². The maximum atomic E-state index is 12.7. The van der Waals surface area contributed by atoms with Crippen molar-refractivity contribution >= 4 is 5.97 Å². The van der Waals surface area contributed by atoms with E-state index in [0.717, 1.165) is 32.1 Å². The Balaban J connectivity index is 2.36. The van der Waals surface area contributed by atoms with Crippen molar-refractivity contribution in [1.29, 1.82) is 0 Å². The van der Waals surface area contributed by atoms with E-state index in [1.807, 2.05) is 0 Å². The zero-order valence-electron chi connectivity index (χ0n) is 9.88. The first-order valence-electron chi connectivity index (χ1n) is 5.69. The number of carbonyl (C=O) groups is 1. The largest absolute Gasteiger partial charge is 0.465 e. The van der Waals surface area contributed by atoms with Crippen LogP contribution in [0.15, 0.2) is 18.2 Å². The number of esters is 1. The molecule has 0 bridgehead atoms. The number of halogens is 3. The average molecular weight is 258 g/mol. The molecule has 98 valence electrons. The molecule has 0 N–H and O–H groups in total. The van der Waals surface area contributed by atoms with Crippen LogP contribution in [0.25, 0.3) is 0 Å². The van der Waals surface area contributed by atoms with Crippen LogP contribution < -0.4 is 0 Å². The molecule has 1 saturated carbocycles. The van der Waals surface area contributed by atoms with Crippen LogP contribution in [0.3, 0.4) is 0 Å². The van der Waals surface area contributed by atoms with Gasteiger partial charge in [-0.15, -0.1) is 0 Å². The predicted octanol–water partition coefficient (Wildman–Crippen LogP) is 3.44. The van der Waals surface area contributed by atoms with Gasteiger partial charge >= 0.3 is 12.1 Å². The van der Waals surface area contributed by atoms with Gasteiger partial charge in [-0.3, -0.25) is 0 Å². The molecule has 0 atom stereocenters. The Morgan fingerprint density at radius 1 is 1.33 bits per heavy atom. The topological polar surface area (TPSA) is 26.3 Å². The van der Waals surface area contributed by atoms with Crippen molar-refractivity contribution in [3.05, 3.63) is 34.9 Å². The van der Waals surface area contributed by atoms with E-state index in [4.69, 9.17) is 0 Å². The minimum Gasteiger partial charge on any atom is -0.465 e. The molecular formula is C13H13F3O2. The summed E-state index contributed by atoms with van der Waals surface area (Å²) in [6, 6.07) is 3.44. The number of ether oxygens (including phenoxy) is 1. The Morgan fingerprint density at radius 3 is 2.50 bits per heavy atom. The minimum absolute atomic E-state index is 0.0389. The fourth-order valence-electron chi connectivity index (χ4n) is 1.86. The van der Waals surface area contributed by atoms with Crippen molar-refractivity contribution in [2.45, 2.75) is 25.4 Å². The Labute approximate surface area is 103 Å². The SMILES string of the molecule is COC(=O)c1cc(CC2CC2)cc(C(F)(F)F)c1. The zero-order chi connectivity index (χ0) is 13.3. The first kappa shape index (κ1) is 12.9. The van der Waals surface area contributed by atoms with Gasteiger partial charge in [0.25, 0.3) is 0 Å². The van der Waals surface area contributed by atoms with E-state index in [2.05, 4.69) is 4.74 Å². The van der Waals surface area contributed by atoms with Crippen LogP contribution in [0.5, 0.6) is 0 Å². The molecule has 5 heteroatoms. The second-order valence-electron chi connectivity index (χ2n) is 4.56. The normalized spacial score (nSPS) is 15.6. The standard InChI is InChI=1S/C13H13F3O2/c1-18-12(17)10-5-9(4-8-2-3-8)6-11(7-10)13(14,15)16/h5-8H,2-4H2,1H3. The van der Waals surface area contributed by atoms with Gasteiger partial charge in [0.1, 0.15) is 0 Å². The van der Waals surface area contributed by atoms with Crippen molar-refractivity contribution in [2.75, 3.05) is 7.11 Å². The van der Waals surface area contributed by atoms with E-state index in [-0.39, 0.29) is 5.56 Å². The smallest absolute Gasteiger partial charge is 0.416 e. The van der Waals surface area contributed by atoms with Crippen LogP contribution in [0.1, 0.15) is 34.3 Å². The number of hydrogen-bond acceptors (Lipinski definition) is 2. The maximum Gasteiger partial charge on any atom is 0.416 e. The van der Waals surface area contributed by atoms with E-state index in [1.54, 1.807) is 0 Å². The van der Waals surface area contributed by atoms with E-state index in [1.165, 1.54) is 6.07 Å². The first-order chi connectivity index (χ1) is 8.40. The summed E-state index contributed by atoms with van der Waals surface area (Å²) in [5.41, 5.74) is -0.281. The highest BCUT2D eigenvalue weighted by Crippen LogP contribution is 2.35. The molecule has 0 aliphatic heterocycles. The van der Waals surface area contributed by atoms with E-state index < -0.39 is 17.7 Å². The second kappa shape index (κ2) is 4.63. The average Bonchev–Trinajstić information content (AvgIpc) is 3.10. The highest BCUT2D eigenvalue weighted by atomic mass is 19.4. The first-order valence-corrected chi connectivity index (χ1v) is 5.69. The summed E-state index contributed by atoms with van der Waals surface area (Å²) in [6.45, 7) is 0. The lowest BCUT2D eigenvalue weighted by Crippen LogP contribution is -2.10. The van der Waals surface area contributed by atoms with Crippen molar-refractivity contribution < 1.29 is 22.7 Å². The Bertz CT molecular complexity index is 462. The molecule has 0 aromatic heterocycles. The minimum atomic E-state index is -4.44. The predicted molar refractivity (Wildman–Crippen MR) is 59.2 cm³/mol. The highest BCUT2D eigenvalue weighted by molar-refractivity contribution is 5.89. The van der Waals surface area contributed by atoms with Gasteiger partial charge in [0.15, 0.2) is 0 Å². The van der Waals surface area contributed by atoms with Gasteiger partial charge in [0, 0.05) is 0 Å². The molecule has 0 amide bonds. The third-order valence-electron chi connectivity index (χ3n) is 2.96. The lowest BCUT2D eigenvalue weighted by atomic mass is 10.0. The highest BCUT2D eigenvalue weighted by Gasteiger charge is 2.32. The number of hydrogen-bond donors (Lipinski definition) is 0. The zero-order valence-corrected chi connectivity index (χ0v) is 9.88. The van der Waals surface area contributed by atoms with Gasteiger partial charge in [-0.25, -0.2) is 4.79 Å². The molecule has 0 spiro atoms. The second-order valence-corrected chi connectivity index (χ2v) is 4.56. The molecular weight excluding hydrogens is 245 g/mol. The molecule has 0 radical (unpaired) electrons. The van der Waals surface area contributed by atoms with Crippen molar-refractivity contribution in [1.82, 2.24) is 0 Å². The van der Waals surface area contributed by atoms with Gasteiger partial charge in [0.2, 0.25) is 0 Å². The molecule has 0 saturated heterocycles. The van der Waals surface area contributed by atoms with Gasteiger partial charge in [-0.2, -0.15) is 13.2 Å². The van der Waals surface area contributed by atoms with Crippen LogP contribution in [-0.2, 0) is 17.3 Å². The number of methoxy groups -OCH3 is 1. The molecule has 2 rings (SSSR count). The van der Waals surface area contributed by atoms with E-state index >= 15 is 0 Å². The summed E-state index contributed by atoms with van der Waals surface area (Å²) in [7, 11) is 1.16. The third-order valence-corrected chi connectivity index (χ3v) is 2.96. The number of alkyl halides is 3. The van der Waals surface area contributed by atoms with Crippen LogP contribution in [0.2, 0.25) is 0 Å². The third kappa shape index (κ3) is 3.03. The van der Waals surface area contributed by atoms with Crippen molar-refractivity contribution in [2.24, 2.45) is 5.92 Å². The summed E-state index contributed by atoms with van der Waals surface area (Å²) >= 11 is 0. The number of benzene rings is 1. The molecule has 1 aromatic rings. The van der Waals surface area contributed by atoms with Gasteiger partial charge in [-0.05, 0) is 48.9 Å². The molecule has 0 unspecified atom stereocenters. The molecule has 1 aliphatic carbocycles. The number of rotatable bonds is 3. The molecule has 0 heterocycles. The van der Waals surface area contributed by atoms with Gasteiger partial charge in [-0.1, -0.05) is 0 Å². The molecule has 18 heavy (non-hydrogen) atoms. The Kier molecular flexibility index (Phi) is 3.32. The summed E-state index contributed by atoms with van der Waals surface area (Å²) in [6.07, 6.45) is -1.76. The molecule has 2 nitrogen and oxygen atoms in total. The van der Waals surface area contributed by atoms with Crippen molar-refractivity contribution in [3.63, 3.8) is 0 Å².